The van der Waals surface area contributed by atoms with Gasteiger partial charge < -0.3 is 10.5 Å². The molecule has 0 aliphatic heterocycles. The molecule has 1 atom stereocenters. The summed E-state index contributed by atoms with van der Waals surface area (Å²) in [5.74, 6) is -0.613. The summed E-state index contributed by atoms with van der Waals surface area (Å²) in [6.07, 6.45) is 0.343. The van der Waals surface area contributed by atoms with Gasteiger partial charge in [-0.25, -0.2) is 0 Å². The van der Waals surface area contributed by atoms with Crippen molar-refractivity contribution in [3.8, 4) is 11.8 Å². The maximum Gasteiger partial charge on any atom is 0.235 e. The first-order valence-corrected chi connectivity index (χ1v) is 4.49. The number of methoxy groups -OCH3 is 1. The molecule has 4 nitrogen and oxygen atoms in total. The Labute approximate surface area is 88.3 Å². The molecule has 0 aliphatic rings. The molecule has 0 heterocycles. The van der Waals surface area contributed by atoms with Gasteiger partial charge in [0.15, 0.2) is 0 Å². The third-order valence-electron chi connectivity index (χ3n) is 2.10. The second-order valence-corrected chi connectivity index (χ2v) is 3.14. The van der Waals surface area contributed by atoms with Gasteiger partial charge in [-0.3, -0.25) is 4.79 Å². The van der Waals surface area contributed by atoms with Crippen LogP contribution in [0.15, 0.2) is 24.3 Å². The molecule has 0 radical (unpaired) electrons. The summed E-state index contributed by atoms with van der Waals surface area (Å²) in [5.41, 5.74) is 5.95. The molecule has 0 saturated carbocycles. The lowest BCUT2D eigenvalue weighted by molar-refractivity contribution is -0.120. The molecule has 0 aromatic heterocycles. The number of primary amides is 1. The van der Waals surface area contributed by atoms with E-state index in [9.17, 15) is 4.79 Å². The number of nitrogens with zero attached hydrogens (tertiary/aromatic N) is 1. The predicted octanol–water partition coefficient (Wildman–Crippen LogP) is 0.863. The number of nitriles is 1. The van der Waals surface area contributed by atoms with Crippen LogP contribution in [-0.4, -0.2) is 13.0 Å². The number of nitrogens with two attached hydrogens (primary N) is 1. The standard InChI is InChI=1S/C11H12N2O2/c1-15-10-4-2-8(3-5-10)6-9(7-12)11(13)14/h2-5,9H,6H2,1H3,(H2,13,14)/t9-/m1/s1. The Bertz CT molecular complexity index is 379. The summed E-state index contributed by atoms with van der Waals surface area (Å²) in [5, 5.41) is 8.68. The van der Waals surface area contributed by atoms with Crippen LogP contribution in [0.4, 0.5) is 0 Å². The van der Waals surface area contributed by atoms with Gasteiger partial charge in [0.05, 0.1) is 13.2 Å². The smallest absolute Gasteiger partial charge is 0.235 e. The minimum absolute atomic E-state index is 0.343. The normalized spacial score (nSPS) is 11.5. The number of ether oxygens (including phenoxy) is 1. The zero-order chi connectivity index (χ0) is 11.3. The highest BCUT2D eigenvalue weighted by Crippen LogP contribution is 2.14. The quantitative estimate of drug-likeness (QED) is 0.790. The maximum atomic E-state index is 10.8. The molecule has 0 aliphatic carbocycles. The van der Waals surface area contributed by atoms with E-state index in [-0.39, 0.29) is 0 Å². The summed E-state index contributed by atoms with van der Waals surface area (Å²) in [7, 11) is 1.58. The van der Waals surface area contributed by atoms with Crippen LogP contribution in [0.25, 0.3) is 0 Å². The van der Waals surface area contributed by atoms with Crippen molar-refractivity contribution in [2.45, 2.75) is 6.42 Å². The zero-order valence-corrected chi connectivity index (χ0v) is 8.43. The van der Waals surface area contributed by atoms with Crippen LogP contribution in [-0.2, 0) is 11.2 Å². The van der Waals surface area contributed by atoms with E-state index in [1.54, 1.807) is 19.2 Å². The number of benzene rings is 1. The van der Waals surface area contributed by atoms with Gasteiger partial charge in [0.1, 0.15) is 11.7 Å². The molecule has 1 aromatic carbocycles. The number of rotatable bonds is 4. The number of hydrogen-bond donors (Lipinski definition) is 1. The van der Waals surface area contributed by atoms with Crippen LogP contribution in [0.2, 0.25) is 0 Å². The summed E-state index contributed by atoms with van der Waals surface area (Å²) in [6.45, 7) is 0. The van der Waals surface area contributed by atoms with E-state index in [4.69, 9.17) is 15.7 Å². The lowest BCUT2D eigenvalue weighted by Crippen LogP contribution is -2.23. The van der Waals surface area contributed by atoms with Crippen molar-refractivity contribution in [3.05, 3.63) is 29.8 Å². The summed E-state index contributed by atoms with van der Waals surface area (Å²) >= 11 is 0. The highest BCUT2D eigenvalue weighted by atomic mass is 16.5. The van der Waals surface area contributed by atoms with Gasteiger partial charge in [0.25, 0.3) is 0 Å². The van der Waals surface area contributed by atoms with Gasteiger partial charge in [-0.2, -0.15) is 5.26 Å². The Kier molecular flexibility index (Phi) is 3.69. The van der Waals surface area contributed by atoms with Crippen LogP contribution in [0.3, 0.4) is 0 Å². The fraction of sp³-hybridized carbons (Fsp3) is 0.273. The van der Waals surface area contributed by atoms with Gasteiger partial charge in [-0.15, -0.1) is 0 Å². The molecule has 0 spiro atoms. The van der Waals surface area contributed by atoms with Gasteiger partial charge >= 0.3 is 0 Å². The summed E-state index contributed by atoms with van der Waals surface area (Å²) in [6, 6.07) is 9.06. The molecule has 78 valence electrons. The molecule has 1 rings (SSSR count). The van der Waals surface area contributed by atoms with Crippen molar-refractivity contribution in [1.29, 1.82) is 5.26 Å². The van der Waals surface area contributed by atoms with Gasteiger partial charge in [-0.05, 0) is 24.1 Å². The molecule has 1 aromatic rings. The monoisotopic (exact) mass is 204 g/mol. The Morgan fingerprint density at radius 1 is 1.53 bits per heavy atom. The zero-order valence-electron chi connectivity index (χ0n) is 8.43. The van der Waals surface area contributed by atoms with E-state index < -0.39 is 11.8 Å². The SMILES string of the molecule is COc1ccc(C[C@H](C#N)C(N)=O)cc1. The lowest BCUT2D eigenvalue weighted by atomic mass is 10.0. The Balaban J connectivity index is 2.72. The third kappa shape index (κ3) is 2.99. The third-order valence-corrected chi connectivity index (χ3v) is 2.10. The molecular formula is C11H12N2O2. The number of carbonyl (C=O) groups excluding carboxylic acids is 1. The summed E-state index contributed by atoms with van der Waals surface area (Å²) < 4.78 is 4.99. The first kappa shape index (κ1) is 11.1. The minimum Gasteiger partial charge on any atom is -0.497 e. The molecule has 2 N–H and O–H groups in total. The van der Waals surface area contributed by atoms with Crippen molar-refractivity contribution in [2.24, 2.45) is 11.7 Å². The van der Waals surface area contributed by atoms with Crippen molar-refractivity contribution in [2.75, 3.05) is 7.11 Å². The van der Waals surface area contributed by atoms with E-state index in [0.29, 0.717) is 6.42 Å². The highest BCUT2D eigenvalue weighted by molar-refractivity contribution is 5.79. The Morgan fingerprint density at radius 3 is 2.53 bits per heavy atom. The van der Waals surface area contributed by atoms with Crippen LogP contribution < -0.4 is 10.5 Å². The van der Waals surface area contributed by atoms with Crippen LogP contribution in [0, 0.1) is 17.2 Å². The molecule has 0 unspecified atom stereocenters. The molecule has 0 saturated heterocycles. The van der Waals surface area contributed by atoms with E-state index in [1.165, 1.54) is 0 Å². The predicted molar refractivity (Wildman–Crippen MR) is 55.0 cm³/mol. The van der Waals surface area contributed by atoms with Crippen molar-refractivity contribution < 1.29 is 9.53 Å². The molecule has 0 bridgehead atoms. The van der Waals surface area contributed by atoms with Crippen molar-refractivity contribution in [1.82, 2.24) is 0 Å². The molecular weight excluding hydrogens is 192 g/mol. The molecule has 4 heteroatoms. The van der Waals surface area contributed by atoms with Gasteiger partial charge in [0, 0.05) is 0 Å². The van der Waals surface area contributed by atoms with Crippen LogP contribution in [0.5, 0.6) is 5.75 Å². The van der Waals surface area contributed by atoms with E-state index >= 15 is 0 Å². The largest absolute Gasteiger partial charge is 0.497 e. The average molecular weight is 204 g/mol. The number of hydrogen-bond acceptors (Lipinski definition) is 3. The Morgan fingerprint density at radius 2 is 2.13 bits per heavy atom. The maximum absolute atomic E-state index is 10.8. The van der Waals surface area contributed by atoms with Crippen LogP contribution >= 0.6 is 0 Å². The van der Waals surface area contributed by atoms with Gasteiger partial charge in [-0.1, -0.05) is 12.1 Å². The first-order chi connectivity index (χ1) is 7.17. The molecule has 15 heavy (non-hydrogen) atoms. The summed E-state index contributed by atoms with van der Waals surface area (Å²) in [4.78, 5) is 10.8. The molecule has 1 amide bonds. The second-order valence-electron chi connectivity index (χ2n) is 3.14. The van der Waals surface area contributed by atoms with E-state index in [0.717, 1.165) is 11.3 Å². The van der Waals surface area contributed by atoms with Crippen molar-refractivity contribution in [3.63, 3.8) is 0 Å². The van der Waals surface area contributed by atoms with Gasteiger partial charge in [0.2, 0.25) is 5.91 Å². The Hall–Kier alpha value is -2.02. The first-order valence-electron chi connectivity index (χ1n) is 4.49. The van der Waals surface area contributed by atoms with E-state index in [2.05, 4.69) is 0 Å². The fourth-order valence-electron chi connectivity index (χ4n) is 1.21. The van der Waals surface area contributed by atoms with E-state index in [1.807, 2.05) is 18.2 Å². The lowest BCUT2D eigenvalue weighted by Gasteiger charge is -2.05. The topological polar surface area (TPSA) is 76.1 Å². The number of amides is 1. The highest BCUT2D eigenvalue weighted by Gasteiger charge is 2.14. The number of carbonyl (C=O) groups is 1. The average Bonchev–Trinajstić information content (AvgIpc) is 2.26. The van der Waals surface area contributed by atoms with Crippen molar-refractivity contribution >= 4 is 5.91 Å². The second kappa shape index (κ2) is 5.01. The molecule has 0 fully saturated rings. The minimum atomic E-state index is -0.765. The fourth-order valence-corrected chi connectivity index (χ4v) is 1.21. The van der Waals surface area contributed by atoms with Crippen LogP contribution in [0.1, 0.15) is 5.56 Å².